The zero-order chi connectivity index (χ0) is 28.5. The number of hydrogen-bond acceptors (Lipinski definition) is 5. The molecule has 0 aliphatic heterocycles. The predicted octanol–water partition coefficient (Wildman–Crippen LogP) is 4.13. The maximum Gasteiger partial charge on any atom is 0.416 e. The first-order valence-corrected chi connectivity index (χ1v) is 11.7. The zero-order valence-electron chi connectivity index (χ0n) is 21.1. The number of hydrogen-bond donors (Lipinski definition) is 4. The fourth-order valence-corrected chi connectivity index (χ4v) is 3.33. The van der Waals surface area contributed by atoms with E-state index in [-0.39, 0.29) is 12.1 Å². The van der Waals surface area contributed by atoms with Crippen molar-refractivity contribution in [2.24, 2.45) is 0 Å². The lowest BCUT2D eigenvalue weighted by molar-refractivity contribution is -0.140. The summed E-state index contributed by atoms with van der Waals surface area (Å²) in [6.45, 7) is 4.74. The minimum atomic E-state index is -4.63. The molecular weight excluding hydrogens is 507 g/mol. The number of nitrogens with one attached hydrogen (secondary N) is 3. The number of carboxylic acid groups (broad SMARTS) is 1. The predicted molar refractivity (Wildman–Crippen MR) is 132 cm³/mol. The van der Waals surface area contributed by atoms with Gasteiger partial charge in [-0.15, -0.1) is 0 Å². The smallest absolute Gasteiger partial charge is 0.416 e. The molecule has 2 atom stereocenters. The quantitative estimate of drug-likeness (QED) is 0.360. The van der Waals surface area contributed by atoms with Crippen LogP contribution in [0.2, 0.25) is 0 Å². The molecule has 0 fully saturated rings. The van der Waals surface area contributed by atoms with Crippen molar-refractivity contribution in [3.05, 3.63) is 65.7 Å². The molecule has 0 radical (unpaired) electrons. The normalized spacial score (nSPS) is 13.1. The van der Waals surface area contributed by atoms with E-state index in [2.05, 4.69) is 16.0 Å². The first kappa shape index (κ1) is 30.1. The third kappa shape index (κ3) is 10.5. The van der Waals surface area contributed by atoms with Crippen LogP contribution in [0, 0.1) is 0 Å². The van der Waals surface area contributed by atoms with Crippen LogP contribution in [0.1, 0.15) is 44.7 Å². The second-order valence-corrected chi connectivity index (χ2v) is 9.45. The van der Waals surface area contributed by atoms with Crippen molar-refractivity contribution < 1.29 is 42.2 Å². The van der Waals surface area contributed by atoms with Gasteiger partial charge in [0.15, 0.2) is 0 Å². The molecule has 4 N–H and O–H groups in total. The van der Waals surface area contributed by atoms with Crippen molar-refractivity contribution in [3.8, 4) is 0 Å². The minimum absolute atomic E-state index is 0.0345. The van der Waals surface area contributed by atoms with E-state index in [1.807, 2.05) is 0 Å². The number of aliphatic carboxylic acids is 1. The number of aryl methyl sites for hydroxylation is 1. The molecule has 9 nitrogen and oxygen atoms in total. The first-order valence-electron chi connectivity index (χ1n) is 11.7. The van der Waals surface area contributed by atoms with Crippen LogP contribution in [0.3, 0.4) is 0 Å². The monoisotopic (exact) mass is 537 g/mol. The largest absolute Gasteiger partial charge is 0.481 e. The van der Waals surface area contributed by atoms with Crippen LogP contribution in [0.5, 0.6) is 0 Å². The SMILES string of the molecule is CC(C)(C)OC(=O)N[C@@H](CC(=O)O)C(=O)NC(CCc1ccccc1)C(=O)Nc1cccc(C(F)(F)F)c1. The van der Waals surface area contributed by atoms with Crippen LogP contribution in [0.15, 0.2) is 54.6 Å². The highest BCUT2D eigenvalue weighted by atomic mass is 19.4. The van der Waals surface area contributed by atoms with Crippen LogP contribution in [0.4, 0.5) is 23.7 Å². The second-order valence-electron chi connectivity index (χ2n) is 9.45. The third-order valence-electron chi connectivity index (χ3n) is 5.04. The topological polar surface area (TPSA) is 134 Å². The Hall–Kier alpha value is -4.09. The summed E-state index contributed by atoms with van der Waals surface area (Å²) in [6, 6.07) is 10.1. The third-order valence-corrected chi connectivity index (χ3v) is 5.04. The number of alkyl halides is 3. The lowest BCUT2D eigenvalue weighted by Crippen LogP contribution is -2.54. The van der Waals surface area contributed by atoms with Gasteiger partial charge in [-0.25, -0.2) is 4.79 Å². The number of benzene rings is 2. The summed E-state index contributed by atoms with van der Waals surface area (Å²) < 4.78 is 44.3. The summed E-state index contributed by atoms with van der Waals surface area (Å²) in [6.07, 6.45) is -6.12. The molecule has 206 valence electrons. The summed E-state index contributed by atoms with van der Waals surface area (Å²) in [5.74, 6) is -3.19. The Morgan fingerprint density at radius 1 is 0.895 bits per heavy atom. The van der Waals surface area contributed by atoms with Crippen molar-refractivity contribution in [1.29, 1.82) is 0 Å². The summed E-state index contributed by atoms with van der Waals surface area (Å²) >= 11 is 0. The van der Waals surface area contributed by atoms with E-state index >= 15 is 0 Å². The highest BCUT2D eigenvalue weighted by molar-refractivity contribution is 5.99. The summed E-state index contributed by atoms with van der Waals surface area (Å²) in [5.41, 5.74) is -1.20. The van der Waals surface area contributed by atoms with E-state index in [0.29, 0.717) is 6.42 Å². The van der Waals surface area contributed by atoms with Gasteiger partial charge in [-0.2, -0.15) is 13.2 Å². The van der Waals surface area contributed by atoms with Gasteiger partial charge in [0.2, 0.25) is 11.8 Å². The highest BCUT2D eigenvalue weighted by Gasteiger charge is 2.32. The van der Waals surface area contributed by atoms with Gasteiger partial charge in [-0.1, -0.05) is 36.4 Å². The Labute approximate surface area is 217 Å². The molecule has 2 aromatic carbocycles. The molecule has 0 spiro atoms. The Kier molecular flexibility index (Phi) is 10.3. The van der Waals surface area contributed by atoms with Crippen LogP contribution in [0.25, 0.3) is 0 Å². The number of halogens is 3. The number of carbonyl (C=O) groups excluding carboxylic acids is 3. The molecule has 0 bridgehead atoms. The number of alkyl carbamates (subject to hydrolysis) is 1. The van der Waals surface area contributed by atoms with E-state index in [0.717, 1.165) is 23.8 Å². The van der Waals surface area contributed by atoms with Crippen LogP contribution >= 0.6 is 0 Å². The molecule has 0 aromatic heterocycles. The number of rotatable bonds is 10. The maximum atomic E-state index is 13.1. The van der Waals surface area contributed by atoms with E-state index in [1.165, 1.54) is 6.07 Å². The average Bonchev–Trinajstić information content (AvgIpc) is 2.80. The summed E-state index contributed by atoms with van der Waals surface area (Å²) in [7, 11) is 0. The average molecular weight is 538 g/mol. The zero-order valence-corrected chi connectivity index (χ0v) is 21.1. The first-order chi connectivity index (χ1) is 17.6. The Balaban J connectivity index is 2.24. The van der Waals surface area contributed by atoms with Crippen molar-refractivity contribution in [1.82, 2.24) is 10.6 Å². The molecule has 0 saturated carbocycles. The Bertz CT molecular complexity index is 1130. The lowest BCUT2D eigenvalue weighted by atomic mass is 10.0. The molecule has 0 aliphatic carbocycles. The number of carboxylic acids is 1. The molecule has 38 heavy (non-hydrogen) atoms. The van der Waals surface area contributed by atoms with Crippen LogP contribution < -0.4 is 16.0 Å². The van der Waals surface area contributed by atoms with Crippen molar-refractivity contribution in [2.45, 2.75) is 63.9 Å². The van der Waals surface area contributed by atoms with Crippen molar-refractivity contribution in [3.63, 3.8) is 0 Å². The Morgan fingerprint density at radius 2 is 1.55 bits per heavy atom. The Morgan fingerprint density at radius 3 is 2.13 bits per heavy atom. The van der Waals surface area contributed by atoms with Gasteiger partial charge in [0.05, 0.1) is 12.0 Å². The summed E-state index contributed by atoms with van der Waals surface area (Å²) in [4.78, 5) is 49.5. The van der Waals surface area contributed by atoms with E-state index in [4.69, 9.17) is 4.74 Å². The maximum absolute atomic E-state index is 13.1. The van der Waals surface area contributed by atoms with E-state index < -0.39 is 59.7 Å². The van der Waals surface area contributed by atoms with E-state index in [9.17, 15) is 37.5 Å². The number of amides is 3. The van der Waals surface area contributed by atoms with Gasteiger partial charge >= 0.3 is 18.2 Å². The van der Waals surface area contributed by atoms with Crippen molar-refractivity contribution in [2.75, 3.05) is 5.32 Å². The van der Waals surface area contributed by atoms with E-state index in [1.54, 1.807) is 51.1 Å². The molecular formula is C26H30F3N3O6. The van der Waals surface area contributed by atoms with Gasteiger partial charge < -0.3 is 25.8 Å². The van der Waals surface area contributed by atoms with Gasteiger partial charge in [-0.05, 0) is 57.4 Å². The number of anilines is 1. The van der Waals surface area contributed by atoms with Gasteiger partial charge in [-0.3, -0.25) is 14.4 Å². The van der Waals surface area contributed by atoms with Crippen LogP contribution in [-0.4, -0.2) is 46.7 Å². The molecule has 12 heteroatoms. The second kappa shape index (κ2) is 12.9. The van der Waals surface area contributed by atoms with Crippen LogP contribution in [-0.2, 0) is 31.7 Å². The molecule has 2 aromatic rings. The molecule has 2 rings (SSSR count). The molecule has 0 heterocycles. The molecule has 1 unspecified atom stereocenters. The number of carbonyl (C=O) groups is 4. The molecule has 3 amide bonds. The fraction of sp³-hybridized carbons (Fsp3) is 0.385. The minimum Gasteiger partial charge on any atom is -0.481 e. The summed E-state index contributed by atoms with van der Waals surface area (Å²) in [5, 5.41) is 16.2. The van der Waals surface area contributed by atoms with Gasteiger partial charge in [0, 0.05) is 5.69 Å². The fourth-order valence-electron chi connectivity index (χ4n) is 3.33. The number of ether oxygens (including phenoxy) is 1. The molecule has 0 saturated heterocycles. The van der Waals surface area contributed by atoms with Gasteiger partial charge in [0.25, 0.3) is 0 Å². The molecule has 0 aliphatic rings. The standard InChI is InChI=1S/C26H30F3N3O6/c1-25(2,3)38-24(37)32-20(15-21(33)34)23(36)31-19(13-12-16-8-5-4-6-9-16)22(35)30-18-11-7-10-17(14-18)26(27,28)29/h4-11,14,19-20H,12-13,15H2,1-3H3,(H,30,35)(H,31,36)(H,32,37)(H,33,34)/t19?,20-/m0/s1. The van der Waals surface area contributed by atoms with Gasteiger partial charge in [0.1, 0.15) is 17.7 Å². The lowest BCUT2D eigenvalue weighted by Gasteiger charge is -2.24. The van der Waals surface area contributed by atoms with Crippen molar-refractivity contribution >= 4 is 29.6 Å². The highest BCUT2D eigenvalue weighted by Crippen LogP contribution is 2.30.